The van der Waals surface area contributed by atoms with Gasteiger partial charge in [0.15, 0.2) is 0 Å². The van der Waals surface area contributed by atoms with E-state index in [-0.39, 0.29) is 17.1 Å². The summed E-state index contributed by atoms with van der Waals surface area (Å²) in [6.07, 6.45) is 0. The number of hydrogen-bond donors (Lipinski definition) is 0. The summed E-state index contributed by atoms with van der Waals surface area (Å²) in [5.74, 6) is -0.587. The van der Waals surface area contributed by atoms with Crippen LogP contribution in [0, 0.1) is 11.3 Å². The van der Waals surface area contributed by atoms with Crippen LogP contribution < -0.4 is 0 Å². The molecule has 0 N–H and O–H groups in total. The molecule has 0 saturated carbocycles. The van der Waals surface area contributed by atoms with Crippen molar-refractivity contribution in [3.63, 3.8) is 0 Å². The Bertz CT molecular complexity index is 882. The van der Waals surface area contributed by atoms with E-state index < -0.39 is 16.0 Å². The second-order valence-electron chi connectivity index (χ2n) is 5.16. The zero-order chi connectivity index (χ0) is 17.7. The maximum Gasteiger partial charge on any atom is 0.338 e. The highest BCUT2D eigenvalue weighted by molar-refractivity contribution is 7.89. The molecule has 0 fully saturated rings. The van der Waals surface area contributed by atoms with Crippen molar-refractivity contribution in [3.8, 4) is 6.07 Å². The molecule has 0 aliphatic carbocycles. The summed E-state index contributed by atoms with van der Waals surface area (Å²) in [5.41, 5.74) is 1.29. The van der Waals surface area contributed by atoms with Gasteiger partial charge >= 0.3 is 5.97 Å². The third-order valence-corrected chi connectivity index (χ3v) is 5.19. The second kappa shape index (κ2) is 7.25. The van der Waals surface area contributed by atoms with Gasteiger partial charge in [-0.3, -0.25) is 0 Å². The molecule has 2 aromatic carbocycles. The number of carbonyl (C=O) groups excluding carboxylic acids is 1. The first-order valence-corrected chi connectivity index (χ1v) is 8.48. The molecule has 0 aliphatic rings. The molecule has 0 bridgehead atoms. The Kier molecular flexibility index (Phi) is 5.34. The zero-order valence-corrected chi connectivity index (χ0v) is 14.1. The van der Waals surface area contributed by atoms with Gasteiger partial charge in [0, 0.05) is 19.7 Å². The molecule has 0 aromatic heterocycles. The van der Waals surface area contributed by atoms with Crippen molar-refractivity contribution in [2.45, 2.75) is 11.5 Å². The number of hydrogen-bond acceptors (Lipinski definition) is 5. The largest absolute Gasteiger partial charge is 0.457 e. The van der Waals surface area contributed by atoms with Crippen LogP contribution in [0.1, 0.15) is 21.5 Å². The van der Waals surface area contributed by atoms with Crippen LogP contribution in [-0.4, -0.2) is 32.8 Å². The van der Waals surface area contributed by atoms with Gasteiger partial charge < -0.3 is 4.74 Å². The first-order valence-electron chi connectivity index (χ1n) is 7.04. The van der Waals surface area contributed by atoms with Crippen LogP contribution in [0.4, 0.5) is 0 Å². The lowest BCUT2D eigenvalue weighted by molar-refractivity contribution is 0.0472. The molecule has 0 amide bonds. The van der Waals surface area contributed by atoms with Crippen LogP contribution in [0.2, 0.25) is 0 Å². The molecule has 0 saturated heterocycles. The number of carbonyl (C=O) groups is 1. The smallest absolute Gasteiger partial charge is 0.338 e. The average molecular weight is 344 g/mol. The fourth-order valence-electron chi connectivity index (χ4n) is 1.96. The first kappa shape index (κ1) is 17.7. The van der Waals surface area contributed by atoms with Gasteiger partial charge in [0.05, 0.1) is 22.1 Å². The van der Waals surface area contributed by atoms with E-state index in [4.69, 9.17) is 10.00 Å². The maximum absolute atomic E-state index is 12.0. The summed E-state index contributed by atoms with van der Waals surface area (Å²) in [5, 5.41) is 9.00. The molecule has 0 radical (unpaired) electrons. The topological polar surface area (TPSA) is 87.5 Å². The van der Waals surface area contributed by atoms with Gasteiger partial charge in [-0.05, 0) is 30.3 Å². The predicted molar refractivity (Wildman–Crippen MR) is 87.6 cm³/mol. The van der Waals surface area contributed by atoms with Crippen LogP contribution in [0.15, 0.2) is 53.4 Å². The Morgan fingerprint density at radius 1 is 1.12 bits per heavy atom. The first-order chi connectivity index (χ1) is 11.4. The molecule has 0 atom stereocenters. The number of benzene rings is 2. The molecule has 7 heteroatoms. The SMILES string of the molecule is CN(C)S(=O)(=O)c1ccc(C(=O)OCc2ccccc2C#N)cc1. The van der Waals surface area contributed by atoms with Crippen molar-refractivity contribution in [1.29, 1.82) is 5.26 Å². The summed E-state index contributed by atoms with van der Waals surface area (Å²) in [6.45, 7) is -0.0275. The van der Waals surface area contributed by atoms with E-state index in [0.29, 0.717) is 11.1 Å². The van der Waals surface area contributed by atoms with Gasteiger partial charge in [-0.1, -0.05) is 18.2 Å². The maximum atomic E-state index is 12.0. The average Bonchev–Trinajstić information content (AvgIpc) is 2.59. The molecule has 2 rings (SSSR count). The number of rotatable bonds is 5. The predicted octanol–water partition coefficient (Wildman–Crippen LogP) is 2.17. The highest BCUT2D eigenvalue weighted by Crippen LogP contribution is 2.15. The Labute approximate surface area is 141 Å². The number of ether oxygens (including phenoxy) is 1. The van der Waals surface area contributed by atoms with E-state index in [9.17, 15) is 13.2 Å². The molecule has 124 valence electrons. The standard InChI is InChI=1S/C17H16N2O4S/c1-19(2)24(21,22)16-9-7-13(8-10-16)17(20)23-12-15-6-4-3-5-14(15)11-18/h3-10H,12H2,1-2H3. The van der Waals surface area contributed by atoms with E-state index >= 15 is 0 Å². The van der Waals surface area contributed by atoms with Crippen LogP contribution >= 0.6 is 0 Å². The van der Waals surface area contributed by atoms with Crippen LogP contribution in [0.5, 0.6) is 0 Å². The minimum atomic E-state index is -3.54. The molecule has 0 spiro atoms. The Morgan fingerprint density at radius 3 is 2.33 bits per heavy atom. The van der Waals surface area contributed by atoms with E-state index in [1.807, 2.05) is 6.07 Å². The monoisotopic (exact) mass is 344 g/mol. The van der Waals surface area contributed by atoms with Gasteiger partial charge in [0.25, 0.3) is 0 Å². The van der Waals surface area contributed by atoms with E-state index in [2.05, 4.69) is 0 Å². The highest BCUT2D eigenvalue weighted by Gasteiger charge is 2.18. The molecule has 0 aliphatic heterocycles. The minimum Gasteiger partial charge on any atom is -0.457 e. The molecule has 0 heterocycles. The van der Waals surface area contributed by atoms with Crippen molar-refractivity contribution in [2.24, 2.45) is 0 Å². The third-order valence-electron chi connectivity index (χ3n) is 3.37. The molecule has 0 unspecified atom stereocenters. The number of sulfonamides is 1. The molecular formula is C17H16N2O4S. The summed E-state index contributed by atoms with van der Waals surface area (Å²) in [6, 6.07) is 14.4. The molecule has 24 heavy (non-hydrogen) atoms. The van der Waals surface area contributed by atoms with Crippen LogP contribution in [-0.2, 0) is 21.4 Å². The second-order valence-corrected chi connectivity index (χ2v) is 7.31. The van der Waals surface area contributed by atoms with Gasteiger partial charge in [-0.15, -0.1) is 0 Å². The van der Waals surface area contributed by atoms with Crippen LogP contribution in [0.3, 0.4) is 0 Å². The lowest BCUT2D eigenvalue weighted by atomic mass is 10.1. The third kappa shape index (κ3) is 3.79. The molecule has 2 aromatic rings. The van der Waals surface area contributed by atoms with Gasteiger partial charge in [0.1, 0.15) is 6.61 Å². The lowest BCUT2D eigenvalue weighted by Gasteiger charge is -2.11. The van der Waals surface area contributed by atoms with Crippen molar-refractivity contribution in [1.82, 2.24) is 4.31 Å². The van der Waals surface area contributed by atoms with Crippen molar-refractivity contribution < 1.29 is 17.9 Å². The van der Waals surface area contributed by atoms with E-state index in [1.54, 1.807) is 24.3 Å². The summed E-state index contributed by atoms with van der Waals surface area (Å²) >= 11 is 0. The van der Waals surface area contributed by atoms with Crippen LogP contribution in [0.25, 0.3) is 0 Å². The van der Waals surface area contributed by atoms with Crippen molar-refractivity contribution in [3.05, 3.63) is 65.2 Å². The summed E-state index contributed by atoms with van der Waals surface area (Å²) in [7, 11) is -0.669. The van der Waals surface area contributed by atoms with E-state index in [1.165, 1.54) is 38.4 Å². The Balaban J connectivity index is 2.10. The zero-order valence-electron chi connectivity index (χ0n) is 13.3. The minimum absolute atomic E-state index is 0.0275. The molecule has 6 nitrogen and oxygen atoms in total. The quantitative estimate of drug-likeness (QED) is 0.776. The molecular weight excluding hydrogens is 328 g/mol. The fourth-order valence-corrected chi connectivity index (χ4v) is 2.86. The summed E-state index contributed by atoms with van der Waals surface area (Å²) in [4.78, 5) is 12.1. The number of nitriles is 1. The number of nitrogens with zero attached hydrogens (tertiary/aromatic N) is 2. The highest BCUT2D eigenvalue weighted by atomic mass is 32.2. The van der Waals surface area contributed by atoms with Crippen molar-refractivity contribution in [2.75, 3.05) is 14.1 Å². The lowest BCUT2D eigenvalue weighted by Crippen LogP contribution is -2.22. The van der Waals surface area contributed by atoms with E-state index in [0.717, 1.165) is 4.31 Å². The Hall–Kier alpha value is -2.69. The number of esters is 1. The Morgan fingerprint density at radius 2 is 1.75 bits per heavy atom. The van der Waals surface area contributed by atoms with Gasteiger partial charge in [0.2, 0.25) is 10.0 Å². The normalized spacial score (nSPS) is 11.1. The summed E-state index contributed by atoms with van der Waals surface area (Å²) < 4.78 is 30.2. The van der Waals surface area contributed by atoms with Gasteiger partial charge in [-0.25, -0.2) is 17.5 Å². The van der Waals surface area contributed by atoms with Gasteiger partial charge in [-0.2, -0.15) is 5.26 Å². The fraction of sp³-hybridized carbons (Fsp3) is 0.176. The van der Waals surface area contributed by atoms with Crippen molar-refractivity contribution >= 4 is 16.0 Å².